The average molecular weight is 303 g/mol. The number of rotatable bonds is 3. The molecule has 21 heavy (non-hydrogen) atoms. The highest BCUT2D eigenvalue weighted by Crippen LogP contribution is 2.44. The molecule has 2 fully saturated rings. The van der Waals surface area contributed by atoms with Gasteiger partial charge in [0.2, 0.25) is 0 Å². The van der Waals surface area contributed by atoms with E-state index in [-0.39, 0.29) is 11.6 Å². The van der Waals surface area contributed by atoms with Crippen molar-refractivity contribution < 1.29 is 5.11 Å². The summed E-state index contributed by atoms with van der Waals surface area (Å²) in [4.78, 5) is 8.01. The second kappa shape index (κ2) is 5.23. The van der Waals surface area contributed by atoms with E-state index in [1.807, 2.05) is 23.3 Å². The average Bonchev–Trinajstić information content (AvgIpc) is 3.26. The highest BCUT2D eigenvalue weighted by molar-refractivity contribution is 7.10. The number of aliphatic hydroxyl groups excluding tert-OH is 1. The topological polar surface area (TPSA) is 41.3 Å². The standard InChI is InChI=1S/C16H21N3OS/c20-15-3-7-19(16(15)4-1-2-5-16)10-14-9-13(11-21-14)18-8-6-17-12-18/h6,8-9,11-12,15,20H,1-5,7,10H2/t15-/m0/s1. The van der Waals surface area contributed by atoms with Crippen LogP contribution in [-0.2, 0) is 6.54 Å². The van der Waals surface area contributed by atoms with E-state index in [9.17, 15) is 5.11 Å². The summed E-state index contributed by atoms with van der Waals surface area (Å²) in [5.41, 5.74) is 1.26. The molecule has 1 saturated heterocycles. The van der Waals surface area contributed by atoms with Crippen LogP contribution < -0.4 is 0 Å². The first-order chi connectivity index (χ1) is 10.3. The molecule has 1 N–H and O–H groups in total. The molecule has 0 bridgehead atoms. The lowest BCUT2D eigenvalue weighted by Gasteiger charge is -2.37. The van der Waals surface area contributed by atoms with Gasteiger partial charge in [-0.25, -0.2) is 4.98 Å². The van der Waals surface area contributed by atoms with Gasteiger partial charge in [-0.2, -0.15) is 0 Å². The van der Waals surface area contributed by atoms with Crippen LogP contribution in [0.1, 0.15) is 37.0 Å². The molecular formula is C16H21N3OS. The van der Waals surface area contributed by atoms with Gasteiger partial charge in [0.05, 0.1) is 18.1 Å². The Hall–Kier alpha value is -1.17. The first kappa shape index (κ1) is 13.5. The van der Waals surface area contributed by atoms with Gasteiger partial charge in [-0.15, -0.1) is 11.3 Å². The van der Waals surface area contributed by atoms with Gasteiger partial charge in [-0.1, -0.05) is 12.8 Å². The number of aliphatic hydroxyl groups is 1. The van der Waals surface area contributed by atoms with Crippen LogP contribution in [0, 0.1) is 0 Å². The molecule has 1 aliphatic carbocycles. The molecule has 2 aromatic rings. The first-order valence-electron chi connectivity index (χ1n) is 7.77. The Balaban J connectivity index is 1.53. The number of hydrogen-bond acceptors (Lipinski definition) is 4. The van der Waals surface area contributed by atoms with Crippen LogP contribution in [-0.4, -0.2) is 37.7 Å². The number of likely N-dealkylation sites (tertiary alicyclic amines) is 1. The van der Waals surface area contributed by atoms with Crippen molar-refractivity contribution in [2.45, 2.75) is 50.3 Å². The van der Waals surface area contributed by atoms with Crippen molar-refractivity contribution in [1.82, 2.24) is 14.5 Å². The van der Waals surface area contributed by atoms with Gasteiger partial charge >= 0.3 is 0 Å². The minimum atomic E-state index is -0.131. The van der Waals surface area contributed by atoms with E-state index in [1.54, 1.807) is 11.3 Å². The van der Waals surface area contributed by atoms with Crippen molar-refractivity contribution >= 4 is 11.3 Å². The SMILES string of the molecule is O[C@H]1CCN(Cc2cc(-n3ccnc3)cs2)C12CCCC2. The minimum Gasteiger partial charge on any atom is -0.391 e. The molecule has 0 amide bonds. The van der Waals surface area contributed by atoms with E-state index >= 15 is 0 Å². The molecule has 1 saturated carbocycles. The number of thiophene rings is 1. The van der Waals surface area contributed by atoms with E-state index in [1.165, 1.54) is 23.4 Å². The number of aromatic nitrogens is 2. The number of nitrogens with zero attached hydrogens (tertiary/aromatic N) is 3. The summed E-state index contributed by atoms with van der Waals surface area (Å²) < 4.78 is 2.05. The van der Waals surface area contributed by atoms with Crippen LogP contribution in [0.5, 0.6) is 0 Å². The Morgan fingerprint density at radius 1 is 1.38 bits per heavy atom. The van der Waals surface area contributed by atoms with E-state index in [2.05, 4.69) is 21.3 Å². The summed E-state index contributed by atoms with van der Waals surface area (Å²) in [6.45, 7) is 2.00. The molecular weight excluding hydrogens is 282 g/mol. The lowest BCUT2D eigenvalue weighted by molar-refractivity contribution is 0.0283. The maximum absolute atomic E-state index is 10.4. The monoisotopic (exact) mass is 303 g/mol. The summed E-state index contributed by atoms with van der Waals surface area (Å²) in [6, 6.07) is 2.25. The maximum atomic E-state index is 10.4. The zero-order valence-corrected chi connectivity index (χ0v) is 12.9. The molecule has 112 valence electrons. The Bertz CT molecular complexity index is 601. The zero-order chi connectivity index (χ0) is 14.3. The Morgan fingerprint density at radius 2 is 2.24 bits per heavy atom. The third-order valence-corrected chi connectivity index (χ3v) is 6.09. The molecule has 2 aromatic heterocycles. The van der Waals surface area contributed by atoms with Crippen LogP contribution in [0.2, 0.25) is 0 Å². The second-order valence-corrected chi connectivity index (χ2v) is 7.27. The molecule has 0 unspecified atom stereocenters. The van der Waals surface area contributed by atoms with Gasteiger partial charge in [-0.3, -0.25) is 4.90 Å². The zero-order valence-electron chi connectivity index (χ0n) is 12.1. The fourth-order valence-electron chi connectivity index (χ4n) is 4.04. The summed E-state index contributed by atoms with van der Waals surface area (Å²) in [7, 11) is 0. The molecule has 0 aromatic carbocycles. The third kappa shape index (κ3) is 2.24. The Labute approximate surface area is 129 Å². The van der Waals surface area contributed by atoms with Crippen molar-refractivity contribution in [2.24, 2.45) is 0 Å². The van der Waals surface area contributed by atoms with Gasteiger partial charge in [0.25, 0.3) is 0 Å². The van der Waals surface area contributed by atoms with E-state index < -0.39 is 0 Å². The fourth-order valence-corrected chi connectivity index (χ4v) is 4.92. The van der Waals surface area contributed by atoms with Crippen LogP contribution in [0.25, 0.3) is 5.69 Å². The molecule has 1 spiro atoms. The van der Waals surface area contributed by atoms with Gasteiger partial charge in [0.1, 0.15) is 0 Å². The fraction of sp³-hybridized carbons (Fsp3) is 0.562. The molecule has 1 aliphatic heterocycles. The molecule has 3 heterocycles. The molecule has 2 aliphatic rings. The second-order valence-electron chi connectivity index (χ2n) is 6.28. The summed E-state index contributed by atoms with van der Waals surface area (Å²) in [5, 5.41) is 12.6. The van der Waals surface area contributed by atoms with E-state index in [4.69, 9.17) is 0 Å². The molecule has 4 nitrogen and oxygen atoms in total. The summed E-state index contributed by atoms with van der Waals surface area (Å²) in [6.07, 6.45) is 11.3. The van der Waals surface area contributed by atoms with Crippen LogP contribution >= 0.6 is 11.3 Å². The van der Waals surface area contributed by atoms with Gasteiger partial charge in [0, 0.05) is 41.3 Å². The van der Waals surface area contributed by atoms with Crippen molar-refractivity contribution in [1.29, 1.82) is 0 Å². The van der Waals surface area contributed by atoms with Crippen LogP contribution in [0.15, 0.2) is 30.2 Å². The van der Waals surface area contributed by atoms with E-state index in [0.717, 1.165) is 32.4 Å². The third-order valence-electron chi connectivity index (χ3n) is 5.18. The minimum absolute atomic E-state index is 0.0686. The molecule has 1 atom stereocenters. The van der Waals surface area contributed by atoms with Crippen molar-refractivity contribution in [3.8, 4) is 5.69 Å². The highest BCUT2D eigenvalue weighted by atomic mass is 32.1. The predicted octanol–water partition coefficient (Wildman–Crippen LogP) is 2.81. The van der Waals surface area contributed by atoms with Crippen molar-refractivity contribution in [3.05, 3.63) is 35.0 Å². The van der Waals surface area contributed by atoms with Gasteiger partial charge < -0.3 is 9.67 Å². The lowest BCUT2D eigenvalue weighted by atomic mass is 9.91. The number of hydrogen-bond donors (Lipinski definition) is 1. The molecule has 4 rings (SSSR count). The normalized spacial score (nSPS) is 25.1. The van der Waals surface area contributed by atoms with Crippen molar-refractivity contribution in [2.75, 3.05) is 6.54 Å². The molecule has 5 heteroatoms. The van der Waals surface area contributed by atoms with Crippen molar-refractivity contribution in [3.63, 3.8) is 0 Å². The van der Waals surface area contributed by atoms with Crippen LogP contribution in [0.3, 0.4) is 0 Å². The van der Waals surface area contributed by atoms with Crippen LogP contribution in [0.4, 0.5) is 0 Å². The smallest absolute Gasteiger partial charge is 0.0991 e. The van der Waals surface area contributed by atoms with Gasteiger partial charge in [-0.05, 0) is 25.3 Å². The Morgan fingerprint density at radius 3 is 3.00 bits per heavy atom. The maximum Gasteiger partial charge on any atom is 0.0991 e. The lowest BCUT2D eigenvalue weighted by Crippen LogP contribution is -2.47. The highest BCUT2D eigenvalue weighted by Gasteiger charge is 2.49. The summed E-state index contributed by atoms with van der Waals surface area (Å²) in [5.74, 6) is 0. The quantitative estimate of drug-likeness (QED) is 0.948. The summed E-state index contributed by atoms with van der Waals surface area (Å²) >= 11 is 1.81. The van der Waals surface area contributed by atoms with Gasteiger partial charge in [0.15, 0.2) is 0 Å². The van der Waals surface area contributed by atoms with E-state index in [0.29, 0.717) is 0 Å². The first-order valence-corrected chi connectivity index (χ1v) is 8.65. The predicted molar refractivity (Wildman–Crippen MR) is 83.7 cm³/mol. The Kier molecular flexibility index (Phi) is 3.36. The number of imidazole rings is 1. The largest absolute Gasteiger partial charge is 0.391 e. The molecule has 0 radical (unpaired) electrons.